The first-order valence-electron chi connectivity index (χ1n) is 8.40. The Labute approximate surface area is 134 Å². The molecule has 1 aliphatic rings. The van der Waals surface area contributed by atoms with Crippen LogP contribution in [0.5, 0.6) is 0 Å². The van der Waals surface area contributed by atoms with Gasteiger partial charge in [-0.25, -0.2) is 0 Å². The van der Waals surface area contributed by atoms with Gasteiger partial charge in [0.05, 0.1) is 6.61 Å². The molecule has 1 saturated heterocycles. The lowest BCUT2D eigenvalue weighted by Crippen LogP contribution is -2.41. The summed E-state index contributed by atoms with van der Waals surface area (Å²) in [5, 5.41) is 3.39. The Kier molecular flexibility index (Phi) is 7.23. The van der Waals surface area contributed by atoms with Crippen LogP contribution in [-0.2, 0) is 11.2 Å². The molecule has 1 fully saturated rings. The molecule has 0 aliphatic carbocycles. The Morgan fingerprint density at radius 2 is 2.18 bits per heavy atom. The van der Waals surface area contributed by atoms with Crippen molar-refractivity contribution in [3.05, 3.63) is 35.9 Å². The molecule has 4 heteroatoms. The quantitative estimate of drug-likeness (QED) is 0.478. The average molecular weight is 303 g/mol. The maximum atomic E-state index is 5.46. The maximum absolute atomic E-state index is 5.46. The minimum Gasteiger partial charge on any atom is -0.381 e. The van der Waals surface area contributed by atoms with Gasteiger partial charge in [-0.15, -0.1) is 0 Å². The third-order valence-corrected chi connectivity index (χ3v) is 3.98. The zero-order valence-electron chi connectivity index (χ0n) is 13.9. The summed E-state index contributed by atoms with van der Waals surface area (Å²) in [5.41, 5.74) is 1.39. The van der Waals surface area contributed by atoms with Gasteiger partial charge < -0.3 is 15.0 Å². The van der Waals surface area contributed by atoms with E-state index in [4.69, 9.17) is 9.73 Å². The number of hydrogen-bond donors (Lipinski definition) is 1. The molecule has 1 aromatic carbocycles. The summed E-state index contributed by atoms with van der Waals surface area (Å²) in [4.78, 5) is 7.00. The highest BCUT2D eigenvalue weighted by Crippen LogP contribution is 2.13. The van der Waals surface area contributed by atoms with E-state index in [0.717, 1.165) is 58.1 Å². The number of aryl methyl sites for hydroxylation is 1. The van der Waals surface area contributed by atoms with Crippen LogP contribution in [0.1, 0.15) is 25.3 Å². The number of aliphatic imine (C=N–C) groups is 1. The molecule has 1 N–H and O–H groups in total. The first-order chi connectivity index (χ1) is 10.8. The number of nitrogens with one attached hydrogen (secondary N) is 1. The normalized spacial score (nSPS) is 18.5. The molecule has 0 radical (unpaired) electrons. The lowest BCUT2D eigenvalue weighted by Gasteiger charge is -2.24. The molecule has 22 heavy (non-hydrogen) atoms. The molecule has 0 bridgehead atoms. The minimum absolute atomic E-state index is 0.637. The first-order valence-corrected chi connectivity index (χ1v) is 8.40. The van der Waals surface area contributed by atoms with Gasteiger partial charge in [0.2, 0.25) is 0 Å². The third kappa shape index (κ3) is 5.68. The van der Waals surface area contributed by atoms with Gasteiger partial charge in [-0.2, -0.15) is 0 Å². The average Bonchev–Trinajstić information content (AvgIpc) is 3.04. The van der Waals surface area contributed by atoms with Gasteiger partial charge in [-0.05, 0) is 31.7 Å². The summed E-state index contributed by atoms with van der Waals surface area (Å²) in [7, 11) is 2.12. The number of hydrogen-bond acceptors (Lipinski definition) is 2. The van der Waals surface area contributed by atoms with Crippen molar-refractivity contribution in [1.29, 1.82) is 0 Å². The van der Waals surface area contributed by atoms with Crippen molar-refractivity contribution >= 4 is 5.96 Å². The van der Waals surface area contributed by atoms with E-state index in [9.17, 15) is 0 Å². The monoisotopic (exact) mass is 303 g/mol. The Morgan fingerprint density at radius 3 is 2.86 bits per heavy atom. The van der Waals surface area contributed by atoms with Crippen molar-refractivity contribution < 1.29 is 4.74 Å². The molecular formula is C18H29N3O. The molecule has 1 aliphatic heterocycles. The van der Waals surface area contributed by atoms with Crippen LogP contribution in [0, 0.1) is 5.92 Å². The molecule has 2 rings (SSSR count). The van der Waals surface area contributed by atoms with Crippen LogP contribution in [0.3, 0.4) is 0 Å². The summed E-state index contributed by atoms with van der Waals surface area (Å²) in [5.74, 6) is 1.65. The zero-order valence-corrected chi connectivity index (χ0v) is 13.9. The second kappa shape index (κ2) is 9.46. The smallest absolute Gasteiger partial charge is 0.193 e. The van der Waals surface area contributed by atoms with E-state index in [1.165, 1.54) is 5.56 Å². The van der Waals surface area contributed by atoms with Crippen molar-refractivity contribution in [2.75, 3.05) is 39.9 Å². The van der Waals surface area contributed by atoms with Crippen LogP contribution in [0.25, 0.3) is 0 Å². The van der Waals surface area contributed by atoms with Crippen molar-refractivity contribution in [2.24, 2.45) is 10.9 Å². The minimum atomic E-state index is 0.637. The van der Waals surface area contributed by atoms with Crippen molar-refractivity contribution in [3.8, 4) is 0 Å². The van der Waals surface area contributed by atoms with Gasteiger partial charge in [0.15, 0.2) is 5.96 Å². The van der Waals surface area contributed by atoms with Crippen molar-refractivity contribution in [3.63, 3.8) is 0 Å². The molecule has 0 saturated carbocycles. The van der Waals surface area contributed by atoms with Crippen LogP contribution in [0.2, 0.25) is 0 Å². The van der Waals surface area contributed by atoms with Crippen LogP contribution in [0.15, 0.2) is 35.3 Å². The summed E-state index contributed by atoms with van der Waals surface area (Å²) in [6, 6.07) is 10.6. The highest BCUT2D eigenvalue weighted by Gasteiger charge is 2.18. The van der Waals surface area contributed by atoms with Gasteiger partial charge in [0.25, 0.3) is 0 Å². The number of guanidine groups is 1. The van der Waals surface area contributed by atoms with Crippen LogP contribution >= 0.6 is 0 Å². The van der Waals surface area contributed by atoms with Gasteiger partial charge >= 0.3 is 0 Å². The molecule has 1 atom stereocenters. The summed E-state index contributed by atoms with van der Waals surface area (Å²) in [6.45, 7) is 6.70. The molecular weight excluding hydrogens is 274 g/mol. The van der Waals surface area contributed by atoms with E-state index in [1.807, 2.05) is 0 Å². The molecule has 1 aromatic rings. The maximum Gasteiger partial charge on any atom is 0.193 e. The van der Waals surface area contributed by atoms with E-state index < -0.39 is 0 Å². The Morgan fingerprint density at radius 1 is 1.36 bits per heavy atom. The Balaban J connectivity index is 1.78. The van der Waals surface area contributed by atoms with E-state index >= 15 is 0 Å². The van der Waals surface area contributed by atoms with Gasteiger partial charge in [0.1, 0.15) is 0 Å². The fourth-order valence-electron chi connectivity index (χ4n) is 2.78. The number of nitrogens with zero attached hydrogens (tertiary/aromatic N) is 2. The first kappa shape index (κ1) is 16.8. The summed E-state index contributed by atoms with van der Waals surface area (Å²) < 4.78 is 5.46. The van der Waals surface area contributed by atoms with E-state index in [1.54, 1.807) is 0 Å². The van der Waals surface area contributed by atoms with Gasteiger partial charge in [0, 0.05) is 39.2 Å². The Bertz CT molecular complexity index is 441. The fourth-order valence-corrected chi connectivity index (χ4v) is 2.78. The number of rotatable bonds is 7. The standard InChI is InChI=1S/C18H29N3O/c1-3-19-18(21(2)14-17-11-13-22-15-17)20-12-7-10-16-8-5-4-6-9-16/h4-6,8-9,17H,3,7,10-15H2,1-2H3,(H,19,20). The molecule has 1 heterocycles. The van der Waals surface area contributed by atoms with Crippen LogP contribution in [-0.4, -0.2) is 50.8 Å². The lowest BCUT2D eigenvalue weighted by molar-refractivity contribution is 0.181. The van der Waals surface area contributed by atoms with Crippen LogP contribution in [0.4, 0.5) is 0 Å². The molecule has 1 unspecified atom stereocenters. The van der Waals surface area contributed by atoms with Gasteiger partial charge in [-0.3, -0.25) is 4.99 Å². The second-order valence-electron chi connectivity index (χ2n) is 5.93. The fraction of sp³-hybridized carbons (Fsp3) is 0.611. The number of ether oxygens (including phenoxy) is 1. The summed E-state index contributed by atoms with van der Waals surface area (Å²) >= 11 is 0. The van der Waals surface area contributed by atoms with Crippen molar-refractivity contribution in [1.82, 2.24) is 10.2 Å². The summed E-state index contributed by atoms with van der Waals surface area (Å²) in [6.07, 6.45) is 3.33. The molecule has 4 nitrogen and oxygen atoms in total. The highest BCUT2D eigenvalue weighted by molar-refractivity contribution is 5.79. The largest absolute Gasteiger partial charge is 0.381 e. The third-order valence-electron chi connectivity index (χ3n) is 3.98. The predicted octanol–water partition coefficient (Wildman–Crippen LogP) is 2.55. The number of benzene rings is 1. The predicted molar refractivity (Wildman–Crippen MR) is 92.3 cm³/mol. The van der Waals surface area contributed by atoms with Crippen LogP contribution < -0.4 is 5.32 Å². The second-order valence-corrected chi connectivity index (χ2v) is 5.93. The topological polar surface area (TPSA) is 36.9 Å². The molecule has 0 spiro atoms. The zero-order chi connectivity index (χ0) is 15.6. The Hall–Kier alpha value is -1.55. The van der Waals surface area contributed by atoms with E-state index in [2.05, 4.69) is 54.5 Å². The van der Waals surface area contributed by atoms with Gasteiger partial charge in [-0.1, -0.05) is 30.3 Å². The van der Waals surface area contributed by atoms with E-state index in [-0.39, 0.29) is 0 Å². The molecule has 122 valence electrons. The molecule has 0 amide bonds. The van der Waals surface area contributed by atoms with Crippen molar-refractivity contribution in [2.45, 2.75) is 26.2 Å². The van der Waals surface area contributed by atoms with E-state index in [0.29, 0.717) is 5.92 Å². The molecule has 0 aromatic heterocycles. The lowest BCUT2D eigenvalue weighted by atomic mass is 10.1. The SMILES string of the molecule is CCNC(=NCCCc1ccccc1)N(C)CC1CCOC1. The highest BCUT2D eigenvalue weighted by atomic mass is 16.5.